The van der Waals surface area contributed by atoms with Crippen LogP contribution in [0.3, 0.4) is 0 Å². The van der Waals surface area contributed by atoms with Gasteiger partial charge in [-0.05, 0) is 43.5 Å². The Kier molecular flexibility index (Phi) is 5.88. The second kappa shape index (κ2) is 7.66. The summed E-state index contributed by atoms with van der Waals surface area (Å²) in [6.07, 6.45) is 4.36. The van der Waals surface area contributed by atoms with Gasteiger partial charge in [-0.25, -0.2) is 0 Å². The van der Waals surface area contributed by atoms with Gasteiger partial charge in [-0.3, -0.25) is 4.68 Å². The summed E-state index contributed by atoms with van der Waals surface area (Å²) in [5.74, 6) is 0.898. The van der Waals surface area contributed by atoms with E-state index in [0.717, 1.165) is 24.3 Å². The molecule has 1 unspecified atom stereocenters. The van der Waals surface area contributed by atoms with Crippen molar-refractivity contribution < 1.29 is 0 Å². The summed E-state index contributed by atoms with van der Waals surface area (Å²) in [6.45, 7) is 6.44. The lowest BCUT2D eigenvalue weighted by Crippen LogP contribution is -2.07. The fourth-order valence-electron chi connectivity index (χ4n) is 2.37. The number of aromatic nitrogens is 2. The molecule has 0 saturated carbocycles. The third kappa shape index (κ3) is 4.35. The predicted molar refractivity (Wildman–Crippen MR) is 90.5 cm³/mol. The molecule has 0 spiro atoms. The van der Waals surface area contributed by atoms with Gasteiger partial charge in [0.15, 0.2) is 0 Å². The van der Waals surface area contributed by atoms with Crippen molar-refractivity contribution in [1.29, 1.82) is 0 Å². The first kappa shape index (κ1) is 16.1. The van der Waals surface area contributed by atoms with Crippen LogP contribution in [0.25, 0.3) is 0 Å². The summed E-state index contributed by atoms with van der Waals surface area (Å²) < 4.78 is 2.11. The van der Waals surface area contributed by atoms with Gasteiger partial charge in [0, 0.05) is 22.9 Å². The quantitative estimate of drug-likeness (QED) is 0.763. The Labute approximate surface area is 131 Å². The van der Waals surface area contributed by atoms with Crippen molar-refractivity contribution in [3.05, 3.63) is 47.8 Å². The molecule has 0 amide bonds. The summed E-state index contributed by atoms with van der Waals surface area (Å²) in [7, 11) is 0. The summed E-state index contributed by atoms with van der Waals surface area (Å²) in [5, 5.41) is 4.70. The second-order valence-electron chi connectivity index (χ2n) is 5.41. The van der Waals surface area contributed by atoms with E-state index in [-0.39, 0.29) is 6.04 Å². The number of benzene rings is 1. The second-order valence-corrected chi connectivity index (χ2v) is 6.46. The van der Waals surface area contributed by atoms with Crippen LogP contribution in [0.1, 0.15) is 57.0 Å². The summed E-state index contributed by atoms with van der Waals surface area (Å²) in [4.78, 5) is 1.25. The molecule has 1 atom stereocenters. The van der Waals surface area contributed by atoms with Gasteiger partial charge in [0.25, 0.3) is 0 Å². The lowest BCUT2D eigenvalue weighted by molar-refractivity contribution is 0.426. The lowest BCUT2D eigenvalue weighted by atomic mass is 10.1. The predicted octanol–water partition coefficient (Wildman–Crippen LogP) is 4.56. The SMILES string of the molecule is CCC(CC)n1ccc(CSc2cccc(C(C)N)c2)n1. The van der Waals surface area contributed by atoms with Gasteiger partial charge in [0.1, 0.15) is 0 Å². The fourth-order valence-corrected chi connectivity index (χ4v) is 3.23. The minimum absolute atomic E-state index is 0.0830. The van der Waals surface area contributed by atoms with Crippen molar-refractivity contribution in [2.24, 2.45) is 5.73 Å². The molecule has 114 valence electrons. The number of rotatable bonds is 7. The zero-order valence-corrected chi connectivity index (χ0v) is 13.9. The molecule has 1 heterocycles. The van der Waals surface area contributed by atoms with E-state index in [2.05, 4.69) is 55.1 Å². The third-order valence-electron chi connectivity index (χ3n) is 3.75. The molecule has 0 fully saturated rings. The highest BCUT2D eigenvalue weighted by atomic mass is 32.2. The van der Waals surface area contributed by atoms with Crippen LogP contribution < -0.4 is 5.73 Å². The Morgan fingerprint density at radius 3 is 2.67 bits per heavy atom. The largest absolute Gasteiger partial charge is 0.324 e. The highest BCUT2D eigenvalue weighted by Gasteiger charge is 2.08. The molecule has 3 nitrogen and oxygen atoms in total. The maximum Gasteiger partial charge on any atom is 0.0727 e. The highest BCUT2D eigenvalue weighted by molar-refractivity contribution is 7.98. The Balaban J connectivity index is 1.98. The Morgan fingerprint density at radius 1 is 1.24 bits per heavy atom. The van der Waals surface area contributed by atoms with Gasteiger partial charge in [0.05, 0.1) is 11.7 Å². The van der Waals surface area contributed by atoms with E-state index in [0.29, 0.717) is 6.04 Å². The number of nitrogens with zero attached hydrogens (tertiary/aromatic N) is 2. The lowest BCUT2D eigenvalue weighted by Gasteiger charge is -2.12. The maximum absolute atomic E-state index is 5.93. The van der Waals surface area contributed by atoms with Gasteiger partial charge in [-0.15, -0.1) is 11.8 Å². The van der Waals surface area contributed by atoms with Crippen molar-refractivity contribution in [2.45, 2.75) is 56.3 Å². The molecule has 4 heteroatoms. The zero-order valence-electron chi connectivity index (χ0n) is 13.1. The van der Waals surface area contributed by atoms with Crippen LogP contribution in [0, 0.1) is 0 Å². The molecular formula is C17H25N3S. The van der Waals surface area contributed by atoms with Crippen LogP contribution in [0.15, 0.2) is 41.4 Å². The molecule has 0 radical (unpaired) electrons. The van der Waals surface area contributed by atoms with Crippen LogP contribution in [0.2, 0.25) is 0 Å². The smallest absolute Gasteiger partial charge is 0.0727 e. The van der Waals surface area contributed by atoms with Crippen LogP contribution in [0.4, 0.5) is 0 Å². The topological polar surface area (TPSA) is 43.8 Å². The van der Waals surface area contributed by atoms with Crippen molar-refractivity contribution >= 4 is 11.8 Å². The third-order valence-corrected chi connectivity index (χ3v) is 4.78. The first-order valence-corrected chi connectivity index (χ1v) is 8.65. The van der Waals surface area contributed by atoms with Gasteiger partial charge >= 0.3 is 0 Å². The standard InChI is InChI=1S/C17H25N3S/c1-4-16(5-2)20-10-9-15(19-20)12-21-17-8-6-7-14(11-17)13(3)18/h6-11,13,16H,4-5,12,18H2,1-3H3. The summed E-state index contributed by atoms with van der Waals surface area (Å²) in [6, 6.07) is 11.2. The first-order chi connectivity index (χ1) is 10.1. The molecule has 0 aliphatic rings. The average Bonchev–Trinajstić information content (AvgIpc) is 2.95. The van der Waals surface area contributed by atoms with E-state index in [1.807, 2.05) is 18.7 Å². The van der Waals surface area contributed by atoms with E-state index in [4.69, 9.17) is 10.8 Å². The van der Waals surface area contributed by atoms with Crippen molar-refractivity contribution in [3.8, 4) is 0 Å². The fraction of sp³-hybridized carbons (Fsp3) is 0.471. The van der Waals surface area contributed by atoms with E-state index < -0.39 is 0 Å². The number of nitrogens with two attached hydrogens (primary N) is 1. The van der Waals surface area contributed by atoms with Crippen LogP contribution >= 0.6 is 11.8 Å². The highest BCUT2D eigenvalue weighted by Crippen LogP contribution is 2.25. The molecule has 0 bridgehead atoms. The van der Waals surface area contributed by atoms with Crippen molar-refractivity contribution in [1.82, 2.24) is 9.78 Å². The summed E-state index contributed by atoms with van der Waals surface area (Å²) in [5.41, 5.74) is 8.25. The molecule has 2 N–H and O–H groups in total. The van der Waals surface area contributed by atoms with Crippen LogP contribution in [0.5, 0.6) is 0 Å². The monoisotopic (exact) mass is 303 g/mol. The molecule has 2 aromatic rings. The summed E-state index contributed by atoms with van der Waals surface area (Å²) >= 11 is 1.81. The number of hydrogen-bond donors (Lipinski definition) is 1. The number of hydrogen-bond acceptors (Lipinski definition) is 3. The minimum Gasteiger partial charge on any atom is -0.324 e. The molecule has 0 aliphatic heterocycles. The van der Waals surface area contributed by atoms with Crippen molar-refractivity contribution in [2.75, 3.05) is 0 Å². The Hall–Kier alpha value is -1.26. The van der Waals surface area contributed by atoms with Gasteiger partial charge in [-0.1, -0.05) is 26.0 Å². The normalized spacial score (nSPS) is 12.8. The molecule has 0 saturated heterocycles. The van der Waals surface area contributed by atoms with E-state index >= 15 is 0 Å². The van der Waals surface area contributed by atoms with Gasteiger partial charge < -0.3 is 5.73 Å². The first-order valence-electron chi connectivity index (χ1n) is 7.66. The molecule has 2 rings (SSSR count). The molecule has 1 aromatic heterocycles. The Bertz CT molecular complexity index is 559. The number of thioether (sulfide) groups is 1. The van der Waals surface area contributed by atoms with Gasteiger partial charge in [0.2, 0.25) is 0 Å². The molecular weight excluding hydrogens is 278 g/mol. The van der Waals surface area contributed by atoms with E-state index in [1.54, 1.807) is 0 Å². The van der Waals surface area contributed by atoms with E-state index in [1.165, 1.54) is 10.5 Å². The molecule has 1 aromatic carbocycles. The molecule has 0 aliphatic carbocycles. The van der Waals surface area contributed by atoms with Crippen LogP contribution in [-0.2, 0) is 5.75 Å². The van der Waals surface area contributed by atoms with Gasteiger partial charge in [-0.2, -0.15) is 5.10 Å². The maximum atomic E-state index is 5.93. The zero-order chi connectivity index (χ0) is 15.2. The van der Waals surface area contributed by atoms with Crippen LogP contribution in [-0.4, -0.2) is 9.78 Å². The average molecular weight is 303 g/mol. The van der Waals surface area contributed by atoms with E-state index in [9.17, 15) is 0 Å². The molecule has 21 heavy (non-hydrogen) atoms. The Morgan fingerprint density at radius 2 is 2.00 bits per heavy atom. The van der Waals surface area contributed by atoms with Crippen molar-refractivity contribution in [3.63, 3.8) is 0 Å². The minimum atomic E-state index is 0.0830.